The van der Waals surface area contributed by atoms with Gasteiger partial charge in [-0.1, -0.05) is 12.1 Å². The van der Waals surface area contributed by atoms with Crippen molar-refractivity contribution in [3.05, 3.63) is 78.1 Å². The van der Waals surface area contributed by atoms with Gasteiger partial charge in [-0.2, -0.15) is 0 Å². The van der Waals surface area contributed by atoms with Crippen LogP contribution in [0.25, 0.3) is 11.4 Å². The molecule has 0 aliphatic heterocycles. The first-order chi connectivity index (χ1) is 14.6. The molecule has 0 bridgehead atoms. The van der Waals surface area contributed by atoms with Gasteiger partial charge in [-0.15, -0.1) is 0 Å². The van der Waals surface area contributed by atoms with Crippen LogP contribution in [0.3, 0.4) is 0 Å². The van der Waals surface area contributed by atoms with Gasteiger partial charge in [0.05, 0.1) is 6.10 Å². The minimum atomic E-state index is -0.593. The Balaban J connectivity index is 1.51. The fourth-order valence-electron chi connectivity index (χ4n) is 4.26. The number of pyridine rings is 1. The summed E-state index contributed by atoms with van der Waals surface area (Å²) in [5.74, 6) is 0.0837. The average Bonchev–Trinajstić information content (AvgIpc) is 3.07. The molecule has 2 aromatic heterocycles. The van der Waals surface area contributed by atoms with Crippen LogP contribution in [-0.4, -0.2) is 43.9 Å². The van der Waals surface area contributed by atoms with Crippen molar-refractivity contribution in [1.82, 2.24) is 20.3 Å². The summed E-state index contributed by atoms with van der Waals surface area (Å²) in [4.78, 5) is 13.1. The van der Waals surface area contributed by atoms with Gasteiger partial charge in [-0.3, -0.25) is 4.98 Å². The van der Waals surface area contributed by atoms with Gasteiger partial charge in [0.25, 0.3) is 0 Å². The second-order valence-corrected chi connectivity index (χ2v) is 7.75. The van der Waals surface area contributed by atoms with Crippen LogP contribution in [0.4, 0.5) is 4.39 Å². The van der Waals surface area contributed by atoms with Gasteiger partial charge in [-0.25, -0.2) is 14.4 Å². The van der Waals surface area contributed by atoms with Crippen LogP contribution in [-0.2, 0) is 13.0 Å². The Labute approximate surface area is 174 Å². The summed E-state index contributed by atoms with van der Waals surface area (Å²) in [6, 6.07) is 12.1. The molecule has 1 aromatic carbocycles. The number of rotatable bonds is 7. The Kier molecular flexibility index (Phi) is 6.42. The average molecular weight is 408 g/mol. The lowest BCUT2D eigenvalue weighted by Crippen LogP contribution is -2.36. The molecule has 4 atom stereocenters. The van der Waals surface area contributed by atoms with E-state index in [-0.39, 0.29) is 30.3 Å². The van der Waals surface area contributed by atoms with Gasteiger partial charge in [0.15, 0.2) is 5.82 Å². The quantitative estimate of drug-likeness (QED) is 0.556. The summed E-state index contributed by atoms with van der Waals surface area (Å²) in [6.07, 6.45) is 5.68. The van der Waals surface area contributed by atoms with Crippen molar-refractivity contribution in [2.24, 2.45) is 11.8 Å². The summed E-state index contributed by atoms with van der Waals surface area (Å²) in [6.45, 7) is 0.402. The number of hydrogen-bond donors (Lipinski definition) is 3. The lowest BCUT2D eigenvalue weighted by atomic mass is 9.88. The Hall–Kier alpha value is -2.74. The third-order valence-corrected chi connectivity index (χ3v) is 5.80. The van der Waals surface area contributed by atoms with Gasteiger partial charge in [0.1, 0.15) is 5.82 Å². The van der Waals surface area contributed by atoms with Gasteiger partial charge >= 0.3 is 0 Å². The van der Waals surface area contributed by atoms with E-state index in [1.807, 2.05) is 24.3 Å². The first-order valence-corrected chi connectivity index (χ1v) is 10.1. The summed E-state index contributed by atoms with van der Waals surface area (Å²) < 4.78 is 13.5. The number of aliphatic hydroxyl groups excluding tert-OH is 2. The lowest BCUT2D eigenvalue weighted by Gasteiger charge is -2.25. The molecule has 1 saturated carbocycles. The molecule has 0 radical (unpaired) electrons. The molecule has 0 saturated heterocycles. The van der Waals surface area contributed by atoms with Crippen LogP contribution < -0.4 is 5.32 Å². The highest BCUT2D eigenvalue weighted by atomic mass is 19.1. The second-order valence-electron chi connectivity index (χ2n) is 7.75. The van der Waals surface area contributed by atoms with Crippen LogP contribution in [0, 0.1) is 17.7 Å². The predicted molar refractivity (Wildman–Crippen MR) is 111 cm³/mol. The van der Waals surface area contributed by atoms with Crippen LogP contribution in [0.5, 0.6) is 0 Å². The maximum Gasteiger partial charge on any atom is 0.160 e. The number of nitrogens with one attached hydrogen (secondary N) is 1. The predicted octanol–water partition coefficient (Wildman–Crippen LogP) is 2.37. The van der Waals surface area contributed by atoms with Crippen molar-refractivity contribution in [2.45, 2.75) is 31.5 Å². The maximum atomic E-state index is 13.5. The van der Waals surface area contributed by atoms with E-state index in [9.17, 15) is 14.6 Å². The third kappa shape index (κ3) is 4.70. The standard InChI is InChI=1S/C23H25FN4O2/c24-17-5-1-3-15(9-17)12-27-21-11-22(30)20(14-29)19(21)10-18-6-8-26-23(28-18)16-4-2-7-25-13-16/h1-9,13,19-22,27,29-30H,10-12,14H2/t19-,20-,21-,22-/m1/s1. The molecule has 0 unspecified atom stereocenters. The van der Waals surface area contributed by atoms with Crippen molar-refractivity contribution in [2.75, 3.05) is 6.61 Å². The van der Waals surface area contributed by atoms with E-state index < -0.39 is 6.10 Å². The van der Waals surface area contributed by atoms with Crippen LogP contribution in [0.15, 0.2) is 61.1 Å². The number of aliphatic hydroxyl groups is 2. The highest BCUT2D eigenvalue weighted by Gasteiger charge is 2.42. The highest BCUT2D eigenvalue weighted by Crippen LogP contribution is 2.35. The smallest absolute Gasteiger partial charge is 0.160 e. The molecular weight excluding hydrogens is 383 g/mol. The summed E-state index contributed by atoms with van der Waals surface area (Å²) in [5.41, 5.74) is 2.53. The molecule has 1 aliphatic carbocycles. The summed E-state index contributed by atoms with van der Waals surface area (Å²) >= 11 is 0. The van der Waals surface area contributed by atoms with E-state index in [0.29, 0.717) is 25.2 Å². The fraction of sp³-hybridized carbons (Fsp3) is 0.348. The van der Waals surface area contributed by atoms with Crippen molar-refractivity contribution in [1.29, 1.82) is 0 Å². The maximum absolute atomic E-state index is 13.5. The van der Waals surface area contributed by atoms with Crippen molar-refractivity contribution < 1.29 is 14.6 Å². The first kappa shape index (κ1) is 20.5. The van der Waals surface area contributed by atoms with Gasteiger partial charge in [-0.05, 0) is 54.7 Å². The van der Waals surface area contributed by atoms with Gasteiger partial charge in [0, 0.05) is 55.0 Å². The van der Waals surface area contributed by atoms with Gasteiger partial charge in [0.2, 0.25) is 0 Å². The van der Waals surface area contributed by atoms with Gasteiger partial charge < -0.3 is 15.5 Å². The van der Waals surface area contributed by atoms with Crippen LogP contribution in [0.2, 0.25) is 0 Å². The molecule has 1 aliphatic rings. The zero-order valence-corrected chi connectivity index (χ0v) is 16.5. The molecular formula is C23H25FN4O2. The zero-order valence-electron chi connectivity index (χ0n) is 16.5. The Morgan fingerprint density at radius 3 is 2.77 bits per heavy atom. The second kappa shape index (κ2) is 9.38. The Bertz CT molecular complexity index is 972. The third-order valence-electron chi connectivity index (χ3n) is 5.80. The van der Waals surface area contributed by atoms with Crippen molar-refractivity contribution in [3.8, 4) is 11.4 Å². The molecule has 3 N–H and O–H groups in total. The van der Waals surface area contributed by atoms with Crippen LogP contribution >= 0.6 is 0 Å². The molecule has 0 spiro atoms. The lowest BCUT2D eigenvalue weighted by molar-refractivity contribution is 0.0716. The summed E-state index contributed by atoms with van der Waals surface area (Å²) in [7, 11) is 0. The zero-order chi connectivity index (χ0) is 20.9. The Morgan fingerprint density at radius 1 is 1.10 bits per heavy atom. The number of halogens is 1. The molecule has 156 valence electrons. The fourth-order valence-corrected chi connectivity index (χ4v) is 4.26. The number of nitrogens with zero attached hydrogens (tertiary/aromatic N) is 3. The normalized spacial score (nSPS) is 23.6. The monoisotopic (exact) mass is 408 g/mol. The minimum Gasteiger partial charge on any atom is -0.396 e. The van der Waals surface area contributed by atoms with E-state index >= 15 is 0 Å². The highest BCUT2D eigenvalue weighted by molar-refractivity contribution is 5.52. The summed E-state index contributed by atoms with van der Waals surface area (Å²) in [5, 5.41) is 23.8. The van der Waals surface area contributed by atoms with E-state index in [4.69, 9.17) is 0 Å². The molecule has 1 fully saturated rings. The van der Waals surface area contributed by atoms with E-state index in [0.717, 1.165) is 16.8 Å². The molecule has 2 heterocycles. The van der Waals surface area contributed by atoms with E-state index in [1.54, 1.807) is 24.7 Å². The molecule has 3 aromatic rings. The number of benzene rings is 1. The van der Waals surface area contributed by atoms with Crippen molar-refractivity contribution >= 4 is 0 Å². The molecule has 4 rings (SSSR count). The Morgan fingerprint density at radius 2 is 2.00 bits per heavy atom. The molecule has 0 amide bonds. The largest absolute Gasteiger partial charge is 0.396 e. The van der Waals surface area contributed by atoms with Crippen molar-refractivity contribution in [3.63, 3.8) is 0 Å². The molecule has 7 heteroatoms. The van der Waals surface area contributed by atoms with Crippen LogP contribution in [0.1, 0.15) is 17.7 Å². The van der Waals surface area contributed by atoms with E-state index in [2.05, 4.69) is 20.3 Å². The number of hydrogen-bond acceptors (Lipinski definition) is 6. The number of aromatic nitrogens is 3. The minimum absolute atomic E-state index is 0.00444. The molecule has 6 nitrogen and oxygen atoms in total. The van der Waals surface area contributed by atoms with E-state index in [1.165, 1.54) is 12.1 Å². The topological polar surface area (TPSA) is 91.2 Å². The molecule has 30 heavy (non-hydrogen) atoms. The first-order valence-electron chi connectivity index (χ1n) is 10.1. The SMILES string of the molecule is OC[C@@H]1[C@@H](Cc2ccnc(-c3cccnc3)n2)[C@H](NCc2cccc(F)c2)C[C@H]1O.